The predicted octanol–water partition coefficient (Wildman–Crippen LogP) is 0.892. The summed E-state index contributed by atoms with van der Waals surface area (Å²) in [7, 11) is 1.42. The summed E-state index contributed by atoms with van der Waals surface area (Å²) in [5.74, 6) is 1.80. The molecule has 4 heteroatoms. The lowest BCUT2D eigenvalue weighted by atomic mass is 10.5. The molecule has 72 valence electrons. The minimum atomic E-state index is -0.119. The summed E-state index contributed by atoms with van der Waals surface area (Å²) in [6.45, 7) is 4.11. The molecule has 0 atom stereocenters. The molecule has 0 aliphatic heterocycles. The van der Waals surface area contributed by atoms with E-state index < -0.39 is 0 Å². The van der Waals surface area contributed by atoms with Crippen LogP contribution in [0, 0.1) is 0 Å². The van der Waals surface area contributed by atoms with Crippen molar-refractivity contribution < 1.29 is 9.53 Å². The largest absolute Gasteiger partial charge is 0.469 e. The van der Waals surface area contributed by atoms with E-state index in [0.717, 1.165) is 24.6 Å². The van der Waals surface area contributed by atoms with Gasteiger partial charge in [-0.3, -0.25) is 4.79 Å². The molecule has 0 fully saturated rings. The highest BCUT2D eigenvalue weighted by atomic mass is 32.2. The number of carbonyl (C=O) groups excluding carboxylic acids is 1. The fourth-order valence-electron chi connectivity index (χ4n) is 0.681. The zero-order chi connectivity index (χ0) is 9.23. The second kappa shape index (κ2) is 8.87. The number of ether oxygens (including phenoxy) is 1. The Labute approximate surface area is 78.2 Å². The lowest BCUT2D eigenvalue weighted by Gasteiger charge is -2.01. The molecule has 0 unspecified atom stereocenters. The molecular formula is C8H17NO2S. The van der Waals surface area contributed by atoms with Crippen molar-refractivity contribution in [1.82, 2.24) is 5.32 Å². The van der Waals surface area contributed by atoms with Crippen LogP contribution in [0.2, 0.25) is 0 Å². The van der Waals surface area contributed by atoms with E-state index in [4.69, 9.17) is 0 Å². The van der Waals surface area contributed by atoms with E-state index in [1.807, 2.05) is 0 Å². The molecule has 0 saturated carbocycles. The lowest BCUT2D eigenvalue weighted by molar-refractivity contribution is -0.140. The molecule has 0 radical (unpaired) electrons. The smallest absolute Gasteiger partial charge is 0.306 e. The Hall–Kier alpha value is -0.220. The first-order valence-corrected chi connectivity index (χ1v) is 5.32. The van der Waals surface area contributed by atoms with Crippen LogP contribution in [0.15, 0.2) is 0 Å². The quantitative estimate of drug-likeness (QED) is 0.479. The highest BCUT2D eigenvalue weighted by molar-refractivity contribution is 7.99. The molecule has 0 amide bonds. The number of nitrogens with one attached hydrogen (secondary N) is 1. The second-order valence-electron chi connectivity index (χ2n) is 2.29. The van der Waals surface area contributed by atoms with Crippen molar-refractivity contribution in [3.8, 4) is 0 Å². The molecule has 0 bridgehead atoms. The molecule has 3 nitrogen and oxygen atoms in total. The fourth-order valence-corrected chi connectivity index (χ4v) is 1.48. The van der Waals surface area contributed by atoms with Gasteiger partial charge in [-0.05, 0) is 6.54 Å². The van der Waals surface area contributed by atoms with Crippen molar-refractivity contribution in [1.29, 1.82) is 0 Å². The van der Waals surface area contributed by atoms with Gasteiger partial charge in [-0.15, -0.1) is 0 Å². The average Bonchev–Trinajstić information content (AvgIpc) is 2.10. The number of carbonyl (C=O) groups is 1. The van der Waals surface area contributed by atoms with E-state index in [1.54, 1.807) is 11.8 Å². The third-order valence-corrected chi connectivity index (χ3v) is 2.34. The topological polar surface area (TPSA) is 38.3 Å². The van der Waals surface area contributed by atoms with Gasteiger partial charge in [-0.25, -0.2) is 0 Å². The Kier molecular flexibility index (Phi) is 8.71. The van der Waals surface area contributed by atoms with Crippen molar-refractivity contribution in [3.05, 3.63) is 0 Å². The number of hydrogen-bond acceptors (Lipinski definition) is 4. The zero-order valence-corrected chi connectivity index (χ0v) is 8.58. The van der Waals surface area contributed by atoms with Gasteiger partial charge in [0.15, 0.2) is 0 Å². The molecular weight excluding hydrogens is 174 g/mol. The highest BCUT2D eigenvalue weighted by Crippen LogP contribution is 2.01. The summed E-state index contributed by atoms with van der Waals surface area (Å²) in [5, 5.41) is 3.21. The molecule has 0 rings (SSSR count). The van der Waals surface area contributed by atoms with Gasteiger partial charge >= 0.3 is 5.97 Å². The summed E-state index contributed by atoms with van der Waals surface area (Å²) in [4.78, 5) is 10.6. The normalized spacial score (nSPS) is 9.83. The van der Waals surface area contributed by atoms with Crippen LogP contribution in [-0.2, 0) is 9.53 Å². The molecule has 0 heterocycles. The number of rotatable bonds is 7. The minimum absolute atomic E-state index is 0.119. The molecule has 1 N–H and O–H groups in total. The van der Waals surface area contributed by atoms with Crippen LogP contribution < -0.4 is 5.32 Å². The third-order valence-electron chi connectivity index (χ3n) is 1.35. The van der Waals surface area contributed by atoms with E-state index in [1.165, 1.54) is 7.11 Å². The van der Waals surface area contributed by atoms with Gasteiger partial charge in [0.2, 0.25) is 0 Å². The molecule has 0 saturated heterocycles. The molecule has 0 spiro atoms. The number of hydrogen-bond donors (Lipinski definition) is 1. The minimum Gasteiger partial charge on any atom is -0.469 e. The standard InChI is InChI=1S/C8H17NO2S/c1-3-9-5-7-12-6-4-8(10)11-2/h9H,3-7H2,1-2H3. The summed E-state index contributed by atoms with van der Waals surface area (Å²) < 4.78 is 4.51. The van der Waals surface area contributed by atoms with E-state index in [9.17, 15) is 4.79 Å². The number of thioether (sulfide) groups is 1. The Bertz CT molecular complexity index is 120. The maximum atomic E-state index is 10.6. The van der Waals surface area contributed by atoms with Crippen LogP contribution in [0.4, 0.5) is 0 Å². The van der Waals surface area contributed by atoms with Gasteiger partial charge in [0.25, 0.3) is 0 Å². The maximum Gasteiger partial charge on any atom is 0.306 e. The third kappa shape index (κ3) is 7.88. The van der Waals surface area contributed by atoms with Crippen LogP contribution in [-0.4, -0.2) is 37.7 Å². The van der Waals surface area contributed by atoms with Crippen molar-refractivity contribution in [2.24, 2.45) is 0 Å². The highest BCUT2D eigenvalue weighted by Gasteiger charge is 1.98. The predicted molar refractivity (Wildman–Crippen MR) is 52.5 cm³/mol. The van der Waals surface area contributed by atoms with Gasteiger partial charge in [0.05, 0.1) is 13.5 Å². The van der Waals surface area contributed by atoms with Gasteiger partial charge in [-0.1, -0.05) is 6.92 Å². The first-order chi connectivity index (χ1) is 5.81. The average molecular weight is 191 g/mol. The summed E-state index contributed by atoms with van der Waals surface area (Å²) >= 11 is 1.77. The van der Waals surface area contributed by atoms with Crippen LogP contribution in [0.25, 0.3) is 0 Å². The first kappa shape index (κ1) is 11.8. The van der Waals surface area contributed by atoms with Gasteiger partial charge in [0.1, 0.15) is 0 Å². The zero-order valence-electron chi connectivity index (χ0n) is 7.76. The summed E-state index contributed by atoms with van der Waals surface area (Å²) in [6.07, 6.45) is 0.521. The van der Waals surface area contributed by atoms with Crippen LogP contribution >= 0.6 is 11.8 Å². The van der Waals surface area contributed by atoms with E-state index in [-0.39, 0.29) is 5.97 Å². The lowest BCUT2D eigenvalue weighted by Crippen LogP contribution is -2.16. The van der Waals surface area contributed by atoms with Crippen molar-refractivity contribution in [2.45, 2.75) is 13.3 Å². The Balaban J connectivity index is 2.95. The molecule has 0 aromatic heterocycles. The number of esters is 1. The van der Waals surface area contributed by atoms with Gasteiger partial charge in [0, 0.05) is 18.1 Å². The Morgan fingerprint density at radius 3 is 2.83 bits per heavy atom. The SMILES string of the molecule is CCNCCSCCC(=O)OC. The van der Waals surface area contributed by atoms with E-state index in [2.05, 4.69) is 17.0 Å². The molecule has 0 aliphatic rings. The molecule has 0 aliphatic carbocycles. The van der Waals surface area contributed by atoms with Gasteiger partial charge < -0.3 is 10.1 Å². The second-order valence-corrected chi connectivity index (χ2v) is 3.52. The maximum absolute atomic E-state index is 10.6. The van der Waals surface area contributed by atoms with Crippen LogP contribution in [0.3, 0.4) is 0 Å². The molecule has 12 heavy (non-hydrogen) atoms. The Morgan fingerprint density at radius 2 is 2.25 bits per heavy atom. The first-order valence-electron chi connectivity index (χ1n) is 4.16. The van der Waals surface area contributed by atoms with Gasteiger partial charge in [-0.2, -0.15) is 11.8 Å². The summed E-state index contributed by atoms with van der Waals surface area (Å²) in [6, 6.07) is 0. The monoisotopic (exact) mass is 191 g/mol. The molecule has 0 aromatic carbocycles. The van der Waals surface area contributed by atoms with Crippen LogP contribution in [0.1, 0.15) is 13.3 Å². The van der Waals surface area contributed by atoms with Crippen LogP contribution in [0.5, 0.6) is 0 Å². The van der Waals surface area contributed by atoms with E-state index in [0.29, 0.717) is 6.42 Å². The summed E-state index contributed by atoms with van der Waals surface area (Å²) in [5.41, 5.74) is 0. The number of methoxy groups -OCH3 is 1. The Morgan fingerprint density at radius 1 is 1.50 bits per heavy atom. The fraction of sp³-hybridized carbons (Fsp3) is 0.875. The van der Waals surface area contributed by atoms with Crippen molar-refractivity contribution >= 4 is 17.7 Å². The van der Waals surface area contributed by atoms with Crippen molar-refractivity contribution in [3.63, 3.8) is 0 Å². The van der Waals surface area contributed by atoms with Crippen molar-refractivity contribution in [2.75, 3.05) is 31.7 Å². The van der Waals surface area contributed by atoms with E-state index >= 15 is 0 Å². The molecule has 0 aromatic rings.